The Morgan fingerprint density at radius 3 is 2.46 bits per heavy atom. The lowest BCUT2D eigenvalue weighted by molar-refractivity contribution is -0.137. The number of nitrogens with zero attached hydrogens (tertiary/aromatic N) is 1. The van der Waals surface area contributed by atoms with Crippen LogP contribution < -0.4 is 10.6 Å². The Balaban J connectivity index is 2.18. The average molecular weight is 410 g/mol. The molecule has 0 atom stereocenters. The molecule has 0 fully saturated rings. The van der Waals surface area contributed by atoms with Gasteiger partial charge in [-0.15, -0.1) is 0 Å². The number of aromatic carboxylic acids is 1. The smallest absolute Gasteiger partial charge is 0.417 e. The van der Waals surface area contributed by atoms with Crippen LogP contribution in [0.25, 0.3) is 0 Å². The monoisotopic (exact) mass is 409 g/mol. The number of nitriles is 1. The number of amides is 1. The van der Waals surface area contributed by atoms with Gasteiger partial charge in [-0.3, -0.25) is 4.79 Å². The molecule has 0 aliphatic carbocycles. The highest BCUT2D eigenvalue weighted by Crippen LogP contribution is 2.36. The molecule has 0 radical (unpaired) electrons. The number of carboxylic acids is 1. The van der Waals surface area contributed by atoms with Gasteiger partial charge in [0.2, 0.25) is 0 Å². The summed E-state index contributed by atoms with van der Waals surface area (Å²) in [5.74, 6) is -2.07. The number of rotatable bonds is 5. The van der Waals surface area contributed by atoms with Gasteiger partial charge in [-0.2, -0.15) is 18.4 Å². The molecule has 0 aliphatic heterocycles. The number of carboxylic acid groups (broad SMARTS) is 1. The lowest BCUT2D eigenvalue weighted by Crippen LogP contribution is -2.15. The highest BCUT2D eigenvalue weighted by molar-refractivity contribution is 6.31. The molecule has 0 heterocycles. The molecule has 2 rings (SSSR count). The number of anilines is 2. The fourth-order valence-electron chi connectivity index (χ4n) is 2.06. The number of alkyl halides is 3. The summed E-state index contributed by atoms with van der Waals surface area (Å²) < 4.78 is 38.6. The normalized spacial score (nSPS) is 11.5. The maximum atomic E-state index is 12.9. The van der Waals surface area contributed by atoms with Gasteiger partial charge in [-0.05, 0) is 36.4 Å². The van der Waals surface area contributed by atoms with Crippen LogP contribution in [0, 0.1) is 11.3 Å². The number of hydrogen-bond acceptors (Lipinski definition) is 4. The van der Waals surface area contributed by atoms with E-state index in [0.29, 0.717) is 0 Å². The second-order valence-electron chi connectivity index (χ2n) is 5.35. The largest absolute Gasteiger partial charge is 0.478 e. The van der Waals surface area contributed by atoms with E-state index in [1.54, 1.807) is 6.07 Å². The van der Waals surface area contributed by atoms with Gasteiger partial charge in [0, 0.05) is 17.6 Å². The van der Waals surface area contributed by atoms with Crippen LogP contribution >= 0.6 is 11.6 Å². The van der Waals surface area contributed by atoms with Crippen molar-refractivity contribution in [3.05, 3.63) is 70.4 Å². The Kier molecular flexibility index (Phi) is 6.28. The van der Waals surface area contributed by atoms with Gasteiger partial charge in [-0.25, -0.2) is 4.79 Å². The van der Waals surface area contributed by atoms with E-state index in [-0.39, 0.29) is 16.9 Å². The van der Waals surface area contributed by atoms with E-state index < -0.39 is 34.2 Å². The first-order valence-electron chi connectivity index (χ1n) is 7.50. The molecule has 3 N–H and O–H groups in total. The summed E-state index contributed by atoms with van der Waals surface area (Å²) in [6.07, 6.45) is -3.73. The lowest BCUT2D eigenvalue weighted by atomic mass is 10.2. The van der Waals surface area contributed by atoms with E-state index in [0.717, 1.165) is 18.3 Å². The third-order valence-electron chi connectivity index (χ3n) is 3.39. The second kappa shape index (κ2) is 8.45. The van der Waals surface area contributed by atoms with Crippen LogP contribution in [0.15, 0.2) is 54.2 Å². The topological polar surface area (TPSA) is 102 Å². The van der Waals surface area contributed by atoms with Crippen LogP contribution in [0.4, 0.5) is 24.5 Å². The number of halogens is 4. The Morgan fingerprint density at radius 2 is 1.86 bits per heavy atom. The van der Waals surface area contributed by atoms with E-state index in [1.165, 1.54) is 30.3 Å². The van der Waals surface area contributed by atoms with Crippen molar-refractivity contribution in [1.82, 2.24) is 0 Å². The summed E-state index contributed by atoms with van der Waals surface area (Å²) in [5.41, 5.74) is -1.48. The van der Waals surface area contributed by atoms with Crippen LogP contribution in [0.2, 0.25) is 5.02 Å². The SMILES string of the molecule is N#C/C(=C/Nc1ccc(Cl)c(C(F)(F)F)c1)C(=O)Nc1cccc(C(=O)O)c1. The molecule has 2 aromatic rings. The zero-order chi connectivity index (χ0) is 20.9. The zero-order valence-corrected chi connectivity index (χ0v) is 14.6. The molecule has 10 heteroatoms. The predicted molar refractivity (Wildman–Crippen MR) is 95.8 cm³/mol. The van der Waals surface area contributed by atoms with Crippen LogP contribution in [0.3, 0.4) is 0 Å². The maximum absolute atomic E-state index is 12.9. The quantitative estimate of drug-likeness (QED) is 0.498. The third-order valence-corrected chi connectivity index (χ3v) is 3.72. The summed E-state index contributed by atoms with van der Waals surface area (Å²) in [7, 11) is 0. The number of carbonyl (C=O) groups is 2. The van der Waals surface area contributed by atoms with Gasteiger partial charge < -0.3 is 15.7 Å². The number of benzene rings is 2. The fraction of sp³-hybridized carbons (Fsp3) is 0.0556. The van der Waals surface area contributed by atoms with Gasteiger partial charge in [-0.1, -0.05) is 17.7 Å². The molecule has 0 saturated carbocycles. The Bertz CT molecular complexity index is 998. The van der Waals surface area contributed by atoms with Gasteiger partial charge in [0.25, 0.3) is 5.91 Å². The van der Waals surface area contributed by atoms with Crippen molar-refractivity contribution in [2.45, 2.75) is 6.18 Å². The average Bonchev–Trinajstić information content (AvgIpc) is 2.62. The van der Waals surface area contributed by atoms with Crippen molar-refractivity contribution < 1.29 is 27.9 Å². The van der Waals surface area contributed by atoms with E-state index in [9.17, 15) is 22.8 Å². The maximum Gasteiger partial charge on any atom is 0.417 e. The third kappa shape index (κ3) is 5.25. The van der Waals surface area contributed by atoms with Gasteiger partial charge >= 0.3 is 12.1 Å². The van der Waals surface area contributed by atoms with Crippen molar-refractivity contribution in [2.24, 2.45) is 0 Å². The van der Waals surface area contributed by atoms with Crippen molar-refractivity contribution in [2.75, 3.05) is 10.6 Å². The van der Waals surface area contributed by atoms with Crippen LogP contribution in [0.1, 0.15) is 15.9 Å². The predicted octanol–water partition coefficient (Wildman–Crippen LogP) is 4.52. The summed E-state index contributed by atoms with van der Waals surface area (Å²) >= 11 is 5.53. The highest BCUT2D eigenvalue weighted by atomic mass is 35.5. The molecular formula is C18H11ClF3N3O3. The number of nitrogens with one attached hydrogen (secondary N) is 2. The first-order chi connectivity index (χ1) is 13.1. The first-order valence-corrected chi connectivity index (χ1v) is 7.88. The Hall–Kier alpha value is -3.51. The minimum Gasteiger partial charge on any atom is -0.478 e. The molecule has 28 heavy (non-hydrogen) atoms. The summed E-state index contributed by atoms with van der Waals surface area (Å²) in [4.78, 5) is 23.1. The molecule has 144 valence electrons. The minimum absolute atomic E-state index is 0.0369. The molecule has 0 bridgehead atoms. The molecular weight excluding hydrogens is 399 g/mol. The molecule has 0 saturated heterocycles. The van der Waals surface area contributed by atoms with E-state index in [1.807, 2.05) is 0 Å². The van der Waals surface area contributed by atoms with Gasteiger partial charge in [0.1, 0.15) is 11.6 Å². The molecule has 0 aromatic heterocycles. The molecule has 6 nitrogen and oxygen atoms in total. The summed E-state index contributed by atoms with van der Waals surface area (Å²) in [5, 5.41) is 22.3. The van der Waals surface area contributed by atoms with Crippen molar-refractivity contribution in [3.63, 3.8) is 0 Å². The Labute approximate surface area is 161 Å². The van der Waals surface area contributed by atoms with Crippen LogP contribution in [0.5, 0.6) is 0 Å². The standard InChI is InChI=1S/C18H11ClF3N3O3/c19-15-5-4-12(7-14(15)18(20,21)22)24-9-11(8-23)16(26)25-13-3-1-2-10(6-13)17(27)28/h1-7,9,24H,(H,25,26)(H,27,28)/b11-9-. The second-order valence-corrected chi connectivity index (χ2v) is 5.75. The minimum atomic E-state index is -4.66. The van der Waals surface area contributed by atoms with E-state index in [4.69, 9.17) is 22.0 Å². The van der Waals surface area contributed by atoms with Crippen LogP contribution in [-0.4, -0.2) is 17.0 Å². The first kappa shape index (κ1) is 20.8. The molecule has 2 aromatic carbocycles. The summed E-state index contributed by atoms with van der Waals surface area (Å²) in [6.45, 7) is 0. The lowest BCUT2D eigenvalue weighted by Gasteiger charge is -2.11. The summed E-state index contributed by atoms with van der Waals surface area (Å²) in [6, 6.07) is 9.96. The molecule has 0 spiro atoms. The highest BCUT2D eigenvalue weighted by Gasteiger charge is 2.33. The van der Waals surface area contributed by atoms with Gasteiger partial charge in [0.05, 0.1) is 16.1 Å². The molecule has 0 unspecified atom stereocenters. The van der Waals surface area contributed by atoms with Crippen molar-refractivity contribution in [1.29, 1.82) is 5.26 Å². The fourth-order valence-corrected chi connectivity index (χ4v) is 2.29. The zero-order valence-electron chi connectivity index (χ0n) is 13.8. The van der Waals surface area contributed by atoms with E-state index >= 15 is 0 Å². The number of hydrogen-bond donors (Lipinski definition) is 3. The number of carbonyl (C=O) groups excluding carboxylic acids is 1. The molecule has 1 amide bonds. The van der Waals surface area contributed by atoms with Crippen molar-refractivity contribution in [3.8, 4) is 6.07 Å². The Morgan fingerprint density at radius 1 is 1.14 bits per heavy atom. The molecule has 0 aliphatic rings. The van der Waals surface area contributed by atoms with E-state index in [2.05, 4.69) is 10.6 Å². The van der Waals surface area contributed by atoms with Gasteiger partial charge in [0.15, 0.2) is 0 Å². The van der Waals surface area contributed by atoms with Crippen molar-refractivity contribution >= 4 is 34.9 Å². The van der Waals surface area contributed by atoms with Crippen LogP contribution in [-0.2, 0) is 11.0 Å².